The van der Waals surface area contributed by atoms with Crippen LogP contribution in [0.25, 0.3) is 0 Å². The summed E-state index contributed by atoms with van der Waals surface area (Å²) in [5, 5.41) is 0. The first-order valence-corrected chi connectivity index (χ1v) is 9.22. The summed E-state index contributed by atoms with van der Waals surface area (Å²) < 4.78 is 0.749. The first-order chi connectivity index (χ1) is 11.6. The highest BCUT2D eigenvalue weighted by molar-refractivity contribution is 7.16. The second-order valence-electron chi connectivity index (χ2n) is 5.76. The van der Waals surface area contributed by atoms with Gasteiger partial charge in [0.05, 0.1) is 17.4 Å². The predicted molar refractivity (Wildman–Crippen MR) is 109 cm³/mol. The highest BCUT2D eigenvalue weighted by Gasteiger charge is 2.15. The molecule has 138 valence electrons. The molecular weight excluding hydrogens is 377 g/mol. The normalized spacial score (nSPS) is 10.6. The third kappa shape index (κ3) is 7.75. The fourth-order valence-electron chi connectivity index (χ4n) is 2.46. The first-order valence-electron chi connectivity index (χ1n) is 8.03. The second kappa shape index (κ2) is 11.5. The van der Waals surface area contributed by atoms with Gasteiger partial charge in [0.15, 0.2) is 0 Å². The summed E-state index contributed by atoms with van der Waals surface area (Å²) in [6.45, 7) is 3.07. The Morgan fingerprint density at radius 3 is 2.48 bits per heavy atom. The molecule has 25 heavy (non-hydrogen) atoms. The SMILES string of the molecule is CN(Cc1ccc(Cl)s1)C(=O)CN(CCN)CCc1ccccc1.Cl. The third-order valence-electron chi connectivity index (χ3n) is 3.81. The Balaban J connectivity index is 0.00000312. The van der Waals surface area contributed by atoms with Crippen molar-refractivity contribution in [3.05, 3.63) is 57.2 Å². The average Bonchev–Trinajstić information content (AvgIpc) is 2.98. The molecule has 7 heteroatoms. The molecule has 2 rings (SSSR count). The van der Waals surface area contributed by atoms with Crippen molar-refractivity contribution in [1.29, 1.82) is 0 Å². The molecule has 1 aromatic heterocycles. The van der Waals surface area contributed by atoms with Gasteiger partial charge >= 0.3 is 0 Å². The number of rotatable bonds is 9. The molecule has 4 nitrogen and oxygen atoms in total. The van der Waals surface area contributed by atoms with Crippen LogP contribution in [0.15, 0.2) is 42.5 Å². The van der Waals surface area contributed by atoms with Crippen LogP contribution >= 0.6 is 35.3 Å². The summed E-state index contributed by atoms with van der Waals surface area (Å²) in [5.41, 5.74) is 6.97. The van der Waals surface area contributed by atoms with Gasteiger partial charge in [-0.3, -0.25) is 9.69 Å². The van der Waals surface area contributed by atoms with E-state index in [1.807, 2.05) is 37.4 Å². The van der Waals surface area contributed by atoms with Gasteiger partial charge in [-0.2, -0.15) is 0 Å². The van der Waals surface area contributed by atoms with Gasteiger partial charge in [-0.1, -0.05) is 41.9 Å². The van der Waals surface area contributed by atoms with Crippen LogP contribution in [0.1, 0.15) is 10.4 Å². The topological polar surface area (TPSA) is 49.6 Å². The van der Waals surface area contributed by atoms with E-state index < -0.39 is 0 Å². The molecule has 1 heterocycles. The zero-order chi connectivity index (χ0) is 17.4. The number of hydrogen-bond donors (Lipinski definition) is 1. The van der Waals surface area contributed by atoms with Crippen LogP contribution in [0.4, 0.5) is 0 Å². The van der Waals surface area contributed by atoms with Crippen molar-refractivity contribution in [3.63, 3.8) is 0 Å². The molecule has 0 spiro atoms. The summed E-state index contributed by atoms with van der Waals surface area (Å²) in [7, 11) is 1.83. The van der Waals surface area contributed by atoms with E-state index in [-0.39, 0.29) is 18.3 Å². The average molecular weight is 402 g/mol. The zero-order valence-corrected chi connectivity index (χ0v) is 16.7. The van der Waals surface area contributed by atoms with Crippen molar-refractivity contribution >= 4 is 41.3 Å². The lowest BCUT2D eigenvalue weighted by molar-refractivity contribution is -0.131. The number of amides is 1. The fraction of sp³-hybridized carbons (Fsp3) is 0.389. The minimum atomic E-state index is 0. The number of nitrogens with zero attached hydrogens (tertiary/aromatic N) is 2. The molecular formula is C18H25Cl2N3OS. The summed E-state index contributed by atoms with van der Waals surface area (Å²) in [6.07, 6.45) is 0.915. The molecule has 2 aromatic rings. The van der Waals surface area contributed by atoms with Crippen molar-refractivity contribution in [2.24, 2.45) is 5.73 Å². The molecule has 0 aliphatic heterocycles. The van der Waals surface area contributed by atoms with Crippen LogP contribution in [-0.4, -0.2) is 48.9 Å². The fourth-order valence-corrected chi connectivity index (χ4v) is 3.60. The number of halogens is 2. The van der Waals surface area contributed by atoms with Crippen LogP contribution in [-0.2, 0) is 17.8 Å². The van der Waals surface area contributed by atoms with Crippen molar-refractivity contribution < 1.29 is 4.79 Å². The molecule has 1 aromatic carbocycles. The Bertz CT molecular complexity index is 636. The minimum Gasteiger partial charge on any atom is -0.340 e. The quantitative estimate of drug-likeness (QED) is 0.700. The molecule has 0 unspecified atom stereocenters. The summed E-state index contributed by atoms with van der Waals surface area (Å²) >= 11 is 7.45. The van der Waals surface area contributed by atoms with Gasteiger partial charge < -0.3 is 10.6 Å². The molecule has 0 fully saturated rings. The van der Waals surface area contributed by atoms with Crippen LogP contribution in [0.3, 0.4) is 0 Å². The van der Waals surface area contributed by atoms with E-state index in [0.29, 0.717) is 19.6 Å². The van der Waals surface area contributed by atoms with Crippen molar-refractivity contribution in [2.45, 2.75) is 13.0 Å². The van der Waals surface area contributed by atoms with E-state index in [4.69, 9.17) is 17.3 Å². The maximum absolute atomic E-state index is 12.5. The molecule has 0 atom stereocenters. The van der Waals surface area contributed by atoms with Crippen LogP contribution < -0.4 is 5.73 Å². The number of benzene rings is 1. The number of carbonyl (C=O) groups excluding carboxylic acids is 1. The Labute approximate surface area is 165 Å². The number of carbonyl (C=O) groups is 1. The van der Waals surface area contributed by atoms with Gasteiger partial charge in [0.2, 0.25) is 5.91 Å². The van der Waals surface area contributed by atoms with E-state index in [0.717, 1.165) is 28.7 Å². The Morgan fingerprint density at radius 1 is 1.16 bits per heavy atom. The van der Waals surface area contributed by atoms with Gasteiger partial charge in [0.25, 0.3) is 0 Å². The van der Waals surface area contributed by atoms with E-state index in [2.05, 4.69) is 17.0 Å². The minimum absolute atomic E-state index is 0. The standard InChI is InChI=1S/C18H24ClN3OS.ClH/c1-21(13-16-7-8-17(19)24-16)18(23)14-22(12-10-20)11-9-15-5-3-2-4-6-15;/h2-8H,9-14,20H2,1H3;1H. The zero-order valence-electron chi connectivity index (χ0n) is 14.4. The van der Waals surface area contributed by atoms with E-state index in [9.17, 15) is 4.79 Å². The molecule has 0 aliphatic carbocycles. The lowest BCUT2D eigenvalue weighted by Crippen LogP contribution is -2.41. The summed E-state index contributed by atoms with van der Waals surface area (Å²) in [6, 6.07) is 14.1. The van der Waals surface area contributed by atoms with Gasteiger partial charge in [0.1, 0.15) is 0 Å². The van der Waals surface area contributed by atoms with E-state index in [1.54, 1.807) is 4.90 Å². The largest absolute Gasteiger partial charge is 0.340 e. The lowest BCUT2D eigenvalue weighted by atomic mass is 10.1. The smallest absolute Gasteiger partial charge is 0.236 e. The summed E-state index contributed by atoms with van der Waals surface area (Å²) in [5.74, 6) is 0.0982. The van der Waals surface area contributed by atoms with E-state index >= 15 is 0 Å². The molecule has 0 bridgehead atoms. The molecule has 0 aliphatic rings. The maximum Gasteiger partial charge on any atom is 0.236 e. The molecule has 0 saturated carbocycles. The van der Waals surface area contributed by atoms with Gasteiger partial charge in [-0.05, 0) is 24.1 Å². The lowest BCUT2D eigenvalue weighted by Gasteiger charge is -2.24. The van der Waals surface area contributed by atoms with Crippen molar-refractivity contribution in [1.82, 2.24) is 9.80 Å². The highest BCUT2D eigenvalue weighted by atomic mass is 35.5. The number of hydrogen-bond acceptors (Lipinski definition) is 4. The number of nitrogens with two attached hydrogens (primary N) is 1. The molecule has 1 amide bonds. The highest BCUT2D eigenvalue weighted by Crippen LogP contribution is 2.22. The Morgan fingerprint density at radius 2 is 1.88 bits per heavy atom. The third-order valence-corrected chi connectivity index (χ3v) is 5.03. The van der Waals surface area contributed by atoms with Crippen molar-refractivity contribution in [2.75, 3.05) is 33.2 Å². The number of likely N-dealkylation sites (N-methyl/N-ethyl adjacent to an activating group) is 1. The number of thiophene rings is 1. The van der Waals surface area contributed by atoms with Crippen molar-refractivity contribution in [3.8, 4) is 0 Å². The van der Waals surface area contributed by atoms with Gasteiger partial charge in [0, 0.05) is 31.6 Å². The molecule has 0 radical (unpaired) electrons. The first kappa shape index (κ1) is 21.9. The Hall–Kier alpha value is -1.11. The predicted octanol–water partition coefficient (Wildman–Crippen LogP) is 3.29. The van der Waals surface area contributed by atoms with Crippen LogP contribution in [0.2, 0.25) is 4.34 Å². The van der Waals surface area contributed by atoms with E-state index in [1.165, 1.54) is 16.9 Å². The van der Waals surface area contributed by atoms with Gasteiger partial charge in [-0.25, -0.2) is 0 Å². The second-order valence-corrected chi connectivity index (χ2v) is 7.56. The molecule has 0 saturated heterocycles. The maximum atomic E-state index is 12.5. The van der Waals surface area contributed by atoms with Crippen LogP contribution in [0.5, 0.6) is 0 Å². The summed E-state index contributed by atoms with van der Waals surface area (Å²) in [4.78, 5) is 17.4. The van der Waals surface area contributed by atoms with Gasteiger partial charge in [-0.15, -0.1) is 23.7 Å². The molecule has 2 N–H and O–H groups in total. The monoisotopic (exact) mass is 401 g/mol. The Kier molecular flexibility index (Phi) is 10.1. The van der Waals surface area contributed by atoms with Crippen LogP contribution in [0, 0.1) is 0 Å².